The summed E-state index contributed by atoms with van der Waals surface area (Å²) in [5.41, 5.74) is -0.0425. The molecule has 2 bridgehead atoms. The van der Waals surface area contributed by atoms with Crippen LogP contribution in [0, 0.1) is 5.92 Å². The van der Waals surface area contributed by atoms with Crippen molar-refractivity contribution in [3.8, 4) is 0 Å². The third-order valence-electron chi connectivity index (χ3n) is 3.66. The lowest BCUT2D eigenvalue weighted by Crippen LogP contribution is -2.69. The van der Waals surface area contributed by atoms with E-state index in [4.69, 9.17) is 0 Å². The minimum atomic E-state index is -0.210. The maximum absolute atomic E-state index is 11.6. The summed E-state index contributed by atoms with van der Waals surface area (Å²) < 4.78 is 0. The van der Waals surface area contributed by atoms with E-state index in [2.05, 4.69) is 19.2 Å². The van der Waals surface area contributed by atoms with E-state index in [0.717, 1.165) is 12.8 Å². The summed E-state index contributed by atoms with van der Waals surface area (Å²) in [5, 5.41) is 3.47. The molecule has 3 rings (SSSR count). The van der Waals surface area contributed by atoms with Crippen LogP contribution >= 0.6 is 0 Å². The number of carbonyl (C=O) groups excluding carboxylic acids is 1. The van der Waals surface area contributed by atoms with Gasteiger partial charge in [0.15, 0.2) is 5.78 Å². The minimum Gasteiger partial charge on any atom is -0.300 e. The number of hydrogen-bond donors (Lipinski definition) is 1. The summed E-state index contributed by atoms with van der Waals surface area (Å²) in [6.45, 7) is 6.47. The monoisotopic (exact) mass is 167 g/mol. The number of Topliss-reactive ketones (excluding diaryl/α,β-unsaturated/α-hetero) is 1. The van der Waals surface area contributed by atoms with Gasteiger partial charge in [0.05, 0.1) is 5.54 Å². The van der Waals surface area contributed by atoms with Crippen LogP contribution in [-0.4, -0.2) is 16.9 Å². The van der Waals surface area contributed by atoms with Gasteiger partial charge in [-0.05, 0) is 39.5 Å². The Morgan fingerprint density at radius 3 is 2.42 bits per heavy atom. The van der Waals surface area contributed by atoms with Crippen LogP contribution in [0.15, 0.2) is 0 Å². The van der Waals surface area contributed by atoms with Crippen molar-refractivity contribution in [3.05, 3.63) is 0 Å². The standard InChI is InChI=1S/C10H17NO/c1-9(2)7-4-5-10(3,11-9)8(12)6-7/h7,11H,4-6H2,1-3H3/t7-,10+/m1/s1. The molecule has 2 aliphatic heterocycles. The van der Waals surface area contributed by atoms with Crippen molar-refractivity contribution in [1.82, 2.24) is 5.32 Å². The summed E-state index contributed by atoms with van der Waals surface area (Å²) in [7, 11) is 0. The zero-order valence-corrected chi connectivity index (χ0v) is 8.11. The second kappa shape index (κ2) is 2.11. The fourth-order valence-electron chi connectivity index (χ4n) is 2.71. The summed E-state index contributed by atoms with van der Waals surface area (Å²) in [6, 6.07) is 0. The molecular formula is C10H17NO. The highest BCUT2D eigenvalue weighted by Gasteiger charge is 2.51. The van der Waals surface area contributed by atoms with Crippen molar-refractivity contribution < 1.29 is 4.79 Å². The average molecular weight is 167 g/mol. The molecule has 2 atom stereocenters. The Hall–Kier alpha value is -0.370. The summed E-state index contributed by atoms with van der Waals surface area (Å²) in [4.78, 5) is 11.6. The number of ketones is 1. The lowest BCUT2D eigenvalue weighted by Gasteiger charge is -2.53. The predicted molar refractivity (Wildman–Crippen MR) is 48.0 cm³/mol. The van der Waals surface area contributed by atoms with E-state index in [9.17, 15) is 4.79 Å². The highest BCUT2D eigenvalue weighted by atomic mass is 16.1. The minimum absolute atomic E-state index is 0.168. The zero-order chi connectivity index (χ0) is 8.98. The Kier molecular flexibility index (Phi) is 1.45. The second-order valence-electron chi connectivity index (χ2n) is 5.04. The van der Waals surface area contributed by atoms with Crippen molar-refractivity contribution in [1.29, 1.82) is 0 Å². The molecule has 1 saturated carbocycles. The first-order valence-corrected chi connectivity index (χ1v) is 4.77. The molecule has 0 radical (unpaired) electrons. The van der Waals surface area contributed by atoms with E-state index in [0.29, 0.717) is 11.7 Å². The first kappa shape index (κ1) is 8.24. The van der Waals surface area contributed by atoms with Gasteiger partial charge in [0.25, 0.3) is 0 Å². The second-order valence-corrected chi connectivity index (χ2v) is 5.04. The Balaban J connectivity index is 2.32. The first-order chi connectivity index (χ1) is 5.44. The molecule has 0 aromatic carbocycles. The fourth-order valence-corrected chi connectivity index (χ4v) is 2.71. The lowest BCUT2D eigenvalue weighted by atomic mass is 9.64. The molecule has 3 aliphatic rings. The summed E-state index contributed by atoms with van der Waals surface area (Å²) >= 11 is 0. The number of hydrogen-bond acceptors (Lipinski definition) is 2. The third kappa shape index (κ3) is 0.939. The van der Waals surface area contributed by atoms with E-state index >= 15 is 0 Å². The largest absolute Gasteiger partial charge is 0.300 e. The van der Waals surface area contributed by atoms with E-state index in [-0.39, 0.29) is 11.1 Å². The highest BCUT2D eigenvalue weighted by Crippen LogP contribution is 2.42. The maximum Gasteiger partial charge on any atom is 0.152 e. The predicted octanol–water partition coefficient (Wildman–Crippen LogP) is 1.50. The Bertz CT molecular complexity index is 234. The molecule has 0 unspecified atom stereocenters. The molecule has 0 amide bonds. The van der Waals surface area contributed by atoms with E-state index in [1.807, 2.05) is 6.92 Å². The van der Waals surface area contributed by atoms with Gasteiger partial charge < -0.3 is 0 Å². The first-order valence-electron chi connectivity index (χ1n) is 4.77. The van der Waals surface area contributed by atoms with Crippen molar-refractivity contribution >= 4 is 5.78 Å². The number of carbonyl (C=O) groups is 1. The van der Waals surface area contributed by atoms with Gasteiger partial charge in [-0.15, -0.1) is 0 Å². The number of nitrogens with one attached hydrogen (secondary N) is 1. The Labute approximate surface area is 73.7 Å². The Morgan fingerprint density at radius 2 is 2.08 bits per heavy atom. The van der Waals surface area contributed by atoms with Gasteiger partial charge in [-0.1, -0.05) is 0 Å². The van der Waals surface area contributed by atoms with Crippen LogP contribution in [0.25, 0.3) is 0 Å². The highest BCUT2D eigenvalue weighted by molar-refractivity contribution is 5.90. The van der Waals surface area contributed by atoms with Gasteiger partial charge in [0, 0.05) is 12.0 Å². The van der Waals surface area contributed by atoms with Gasteiger partial charge in [-0.25, -0.2) is 0 Å². The molecule has 0 spiro atoms. The number of piperidine rings is 2. The van der Waals surface area contributed by atoms with Crippen molar-refractivity contribution in [3.63, 3.8) is 0 Å². The molecule has 2 saturated heterocycles. The normalized spacial score (nSPS) is 44.9. The molecule has 2 heteroatoms. The molecule has 2 heterocycles. The number of fused-ring (bicyclic) bond motifs is 3. The molecule has 0 aromatic rings. The molecule has 12 heavy (non-hydrogen) atoms. The summed E-state index contributed by atoms with van der Waals surface area (Å²) in [6.07, 6.45) is 3.03. The van der Waals surface area contributed by atoms with Gasteiger partial charge in [0.2, 0.25) is 0 Å². The average Bonchev–Trinajstić information content (AvgIpc) is 1.91. The van der Waals surface area contributed by atoms with E-state index in [1.165, 1.54) is 6.42 Å². The van der Waals surface area contributed by atoms with Crippen LogP contribution < -0.4 is 5.32 Å². The maximum atomic E-state index is 11.6. The SMILES string of the molecule is CC1(C)N[C@@]2(C)CC[C@@H]1CC2=O. The zero-order valence-electron chi connectivity index (χ0n) is 8.11. The molecular weight excluding hydrogens is 150 g/mol. The van der Waals surface area contributed by atoms with Crippen LogP contribution in [-0.2, 0) is 4.79 Å². The van der Waals surface area contributed by atoms with Crippen LogP contribution in [0.2, 0.25) is 0 Å². The van der Waals surface area contributed by atoms with Crippen molar-refractivity contribution in [2.45, 2.75) is 51.1 Å². The topological polar surface area (TPSA) is 29.1 Å². The van der Waals surface area contributed by atoms with Crippen LogP contribution in [0.4, 0.5) is 0 Å². The molecule has 1 N–H and O–H groups in total. The fraction of sp³-hybridized carbons (Fsp3) is 0.900. The van der Waals surface area contributed by atoms with E-state index in [1.54, 1.807) is 0 Å². The van der Waals surface area contributed by atoms with Crippen LogP contribution in [0.3, 0.4) is 0 Å². The third-order valence-corrected chi connectivity index (χ3v) is 3.66. The Morgan fingerprint density at radius 1 is 1.42 bits per heavy atom. The quantitative estimate of drug-likeness (QED) is 0.592. The van der Waals surface area contributed by atoms with Gasteiger partial charge in [0.1, 0.15) is 0 Å². The van der Waals surface area contributed by atoms with E-state index < -0.39 is 0 Å². The summed E-state index contributed by atoms with van der Waals surface area (Å²) in [5.74, 6) is 0.977. The smallest absolute Gasteiger partial charge is 0.152 e. The lowest BCUT2D eigenvalue weighted by molar-refractivity contribution is -0.136. The molecule has 2 nitrogen and oxygen atoms in total. The molecule has 0 aromatic heterocycles. The van der Waals surface area contributed by atoms with Crippen LogP contribution in [0.5, 0.6) is 0 Å². The van der Waals surface area contributed by atoms with Gasteiger partial charge in [-0.3, -0.25) is 10.1 Å². The van der Waals surface area contributed by atoms with Gasteiger partial charge >= 0.3 is 0 Å². The van der Waals surface area contributed by atoms with Gasteiger partial charge in [-0.2, -0.15) is 0 Å². The van der Waals surface area contributed by atoms with Crippen molar-refractivity contribution in [2.75, 3.05) is 0 Å². The molecule has 3 fully saturated rings. The number of rotatable bonds is 0. The molecule has 1 aliphatic carbocycles. The van der Waals surface area contributed by atoms with Crippen LogP contribution in [0.1, 0.15) is 40.0 Å². The van der Waals surface area contributed by atoms with Crippen molar-refractivity contribution in [2.24, 2.45) is 5.92 Å². The molecule has 68 valence electrons.